The molecule has 0 aliphatic heterocycles. The largest absolute Gasteiger partial charge is 0.497 e. The van der Waals surface area contributed by atoms with Crippen molar-refractivity contribution in [2.24, 2.45) is 5.73 Å². The van der Waals surface area contributed by atoms with Gasteiger partial charge >= 0.3 is 0 Å². The Kier molecular flexibility index (Phi) is 4.16. The minimum atomic E-state index is -0.175. The average Bonchev–Trinajstić information content (AvgIpc) is 2.70. The smallest absolute Gasteiger partial charge is 0.123 e. The van der Waals surface area contributed by atoms with Crippen LogP contribution in [-0.4, -0.2) is 13.2 Å². The van der Waals surface area contributed by atoms with E-state index in [0.29, 0.717) is 0 Å². The van der Waals surface area contributed by atoms with Crippen molar-refractivity contribution in [3.63, 3.8) is 0 Å². The summed E-state index contributed by atoms with van der Waals surface area (Å²) >= 11 is 0. The van der Waals surface area contributed by atoms with Crippen LogP contribution >= 0.6 is 0 Å². The Bertz CT molecular complexity index is 683. The van der Waals surface area contributed by atoms with Crippen molar-refractivity contribution < 1.29 is 9.13 Å². The van der Waals surface area contributed by atoms with E-state index in [1.165, 1.54) is 16.7 Å². The fourth-order valence-electron chi connectivity index (χ4n) is 3.46. The number of benzene rings is 2. The van der Waals surface area contributed by atoms with Crippen LogP contribution in [0.4, 0.5) is 4.39 Å². The Morgan fingerprint density at radius 1 is 1.14 bits per heavy atom. The molecule has 2 nitrogen and oxygen atoms in total. The summed E-state index contributed by atoms with van der Waals surface area (Å²) in [6.07, 6.45) is 2.60. The minimum Gasteiger partial charge on any atom is -0.497 e. The van der Waals surface area contributed by atoms with E-state index in [-0.39, 0.29) is 17.8 Å². The molecule has 2 aromatic carbocycles. The predicted molar refractivity (Wildman–Crippen MR) is 86.9 cm³/mol. The maximum Gasteiger partial charge on any atom is 0.123 e. The molecule has 2 aromatic rings. The standard InChI is InChI=1S/C19H22FNO/c1-3-18(21)19-16-8-6-14(20)10-12(16)4-5-13-11-15(22-2)7-9-17(13)19/h6-11,18-19H,3-5,21H2,1-2H3. The normalized spacial score (nSPS) is 18.1. The number of hydrogen-bond donors (Lipinski definition) is 1. The van der Waals surface area contributed by atoms with Gasteiger partial charge < -0.3 is 10.5 Å². The highest BCUT2D eigenvalue weighted by atomic mass is 19.1. The van der Waals surface area contributed by atoms with Gasteiger partial charge in [-0.2, -0.15) is 0 Å². The summed E-state index contributed by atoms with van der Waals surface area (Å²) in [7, 11) is 1.68. The van der Waals surface area contributed by atoms with Gasteiger partial charge in [-0.05, 0) is 65.8 Å². The molecule has 2 unspecified atom stereocenters. The first kappa shape index (κ1) is 15.0. The lowest BCUT2D eigenvalue weighted by molar-refractivity contribution is 0.414. The topological polar surface area (TPSA) is 35.2 Å². The van der Waals surface area contributed by atoms with Crippen molar-refractivity contribution in [3.8, 4) is 5.75 Å². The van der Waals surface area contributed by atoms with Crippen molar-refractivity contribution in [3.05, 3.63) is 64.5 Å². The maximum absolute atomic E-state index is 13.6. The Morgan fingerprint density at radius 3 is 2.41 bits per heavy atom. The van der Waals surface area contributed by atoms with Crippen LogP contribution in [-0.2, 0) is 12.8 Å². The van der Waals surface area contributed by atoms with E-state index in [9.17, 15) is 4.39 Å². The average molecular weight is 299 g/mol. The van der Waals surface area contributed by atoms with Crippen LogP contribution in [0.15, 0.2) is 36.4 Å². The van der Waals surface area contributed by atoms with E-state index in [1.54, 1.807) is 19.2 Å². The summed E-state index contributed by atoms with van der Waals surface area (Å²) in [6.45, 7) is 2.10. The number of hydrogen-bond acceptors (Lipinski definition) is 2. The summed E-state index contributed by atoms with van der Waals surface area (Å²) in [5.41, 5.74) is 11.2. The highest BCUT2D eigenvalue weighted by Crippen LogP contribution is 2.38. The van der Waals surface area contributed by atoms with Crippen LogP contribution in [0.3, 0.4) is 0 Å². The Morgan fingerprint density at radius 2 is 1.77 bits per heavy atom. The van der Waals surface area contributed by atoms with Crippen LogP contribution in [0.5, 0.6) is 5.75 Å². The van der Waals surface area contributed by atoms with Crippen molar-refractivity contribution in [1.29, 1.82) is 0 Å². The van der Waals surface area contributed by atoms with E-state index in [4.69, 9.17) is 10.5 Å². The first-order valence-electron chi connectivity index (χ1n) is 7.84. The monoisotopic (exact) mass is 299 g/mol. The maximum atomic E-state index is 13.6. The van der Waals surface area contributed by atoms with Crippen LogP contribution in [0.1, 0.15) is 41.5 Å². The van der Waals surface area contributed by atoms with E-state index < -0.39 is 0 Å². The first-order valence-corrected chi connectivity index (χ1v) is 7.84. The zero-order chi connectivity index (χ0) is 15.7. The Balaban J connectivity index is 2.17. The van der Waals surface area contributed by atoms with E-state index >= 15 is 0 Å². The zero-order valence-corrected chi connectivity index (χ0v) is 13.1. The summed E-state index contributed by atoms with van der Waals surface area (Å²) in [6, 6.07) is 11.3. The molecule has 22 heavy (non-hydrogen) atoms. The molecule has 0 aromatic heterocycles. The van der Waals surface area contributed by atoms with Crippen molar-refractivity contribution in [2.45, 2.75) is 38.1 Å². The summed E-state index contributed by atoms with van der Waals surface area (Å²) in [5.74, 6) is 0.801. The van der Waals surface area contributed by atoms with Gasteiger partial charge in [0.15, 0.2) is 0 Å². The van der Waals surface area contributed by atoms with E-state index in [2.05, 4.69) is 19.1 Å². The number of halogens is 1. The van der Waals surface area contributed by atoms with Gasteiger partial charge in [-0.1, -0.05) is 19.1 Å². The number of ether oxygens (including phenoxy) is 1. The molecule has 2 atom stereocenters. The molecule has 0 radical (unpaired) electrons. The molecule has 1 aliphatic rings. The molecule has 0 fully saturated rings. The van der Waals surface area contributed by atoms with Crippen LogP contribution in [0.2, 0.25) is 0 Å². The van der Waals surface area contributed by atoms with Gasteiger partial charge in [-0.3, -0.25) is 0 Å². The lowest BCUT2D eigenvalue weighted by Gasteiger charge is -2.26. The second-order valence-corrected chi connectivity index (χ2v) is 5.96. The molecule has 2 N–H and O–H groups in total. The molecular weight excluding hydrogens is 277 g/mol. The molecule has 0 spiro atoms. The van der Waals surface area contributed by atoms with Crippen molar-refractivity contribution in [1.82, 2.24) is 0 Å². The third-order valence-electron chi connectivity index (χ3n) is 4.69. The molecule has 3 heteroatoms. The molecule has 0 bridgehead atoms. The second-order valence-electron chi connectivity index (χ2n) is 5.96. The second kappa shape index (κ2) is 6.09. The van der Waals surface area contributed by atoms with Gasteiger partial charge in [0.05, 0.1) is 7.11 Å². The van der Waals surface area contributed by atoms with Gasteiger partial charge in [0, 0.05) is 12.0 Å². The van der Waals surface area contributed by atoms with Crippen LogP contribution in [0, 0.1) is 5.82 Å². The number of nitrogens with two attached hydrogens (primary N) is 1. The Hall–Kier alpha value is -1.87. The lowest BCUT2D eigenvalue weighted by atomic mass is 9.82. The number of methoxy groups -OCH3 is 1. The van der Waals surface area contributed by atoms with Gasteiger partial charge in [-0.25, -0.2) is 4.39 Å². The van der Waals surface area contributed by atoms with E-state index in [1.807, 2.05) is 12.1 Å². The van der Waals surface area contributed by atoms with Gasteiger partial charge in [0.2, 0.25) is 0 Å². The summed E-state index contributed by atoms with van der Waals surface area (Å²) in [4.78, 5) is 0. The van der Waals surface area contributed by atoms with E-state index in [0.717, 1.165) is 30.6 Å². The minimum absolute atomic E-state index is 0.0226. The van der Waals surface area contributed by atoms with Crippen LogP contribution in [0.25, 0.3) is 0 Å². The SMILES string of the molecule is CCC(N)C1c2ccc(F)cc2CCc2cc(OC)ccc21. The molecule has 0 saturated heterocycles. The lowest BCUT2D eigenvalue weighted by Crippen LogP contribution is -2.29. The third-order valence-corrected chi connectivity index (χ3v) is 4.69. The summed E-state index contributed by atoms with van der Waals surface area (Å²) in [5, 5.41) is 0. The Labute approximate surface area is 131 Å². The van der Waals surface area contributed by atoms with Crippen molar-refractivity contribution in [2.75, 3.05) is 7.11 Å². The molecule has 0 amide bonds. The first-order chi connectivity index (χ1) is 10.6. The number of aryl methyl sites for hydroxylation is 2. The van der Waals surface area contributed by atoms with Gasteiger partial charge in [-0.15, -0.1) is 0 Å². The van der Waals surface area contributed by atoms with Crippen LogP contribution < -0.4 is 10.5 Å². The molecule has 0 heterocycles. The number of rotatable bonds is 3. The fourth-order valence-corrected chi connectivity index (χ4v) is 3.46. The summed E-state index contributed by atoms with van der Waals surface area (Å²) < 4.78 is 19.0. The quantitative estimate of drug-likeness (QED) is 0.935. The molecule has 0 saturated carbocycles. The molecule has 3 rings (SSSR count). The fraction of sp³-hybridized carbons (Fsp3) is 0.368. The third kappa shape index (κ3) is 2.61. The van der Waals surface area contributed by atoms with Gasteiger partial charge in [0.25, 0.3) is 0 Å². The van der Waals surface area contributed by atoms with Crippen molar-refractivity contribution >= 4 is 0 Å². The highest BCUT2D eigenvalue weighted by molar-refractivity contribution is 5.48. The predicted octanol–water partition coefficient (Wildman–Crippen LogP) is 3.80. The number of fused-ring (bicyclic) bond motifs is 2. The highest BCUT2D eigenvalue weighted by Gasteiger charge is 2.28. The molecular formula is C19H22FNO. The molecule has 116 valence electrons. The molecule has 1 aliphatic carbocycles. The van der Waals surface area contributed by atoms with Gasteiger partial charge in [0.1, 0.15) is 11.6 Å². The zero-order valence-electron chi connectivity index (χ0n) is 13.1.